The summed E-state index contributed by atoms with van der Waals surface area (Å²) in [4.78, 5) is 0. The third kappa shape index (κ3) is 3.62. The van der Waals surface area contributed by atoms with E-state index >= 15 is 0 Å². The van der Waals surface area contributed by atoms with Crippen LogP contribution in [0.15, 0.2) is 46.9 Å². The Morgan fingerprint density at radius 2 is 1.75 bits per heavy atom. The first-order valence-corrected chi connectivity index (χ1v) is 7.03. The van der Waals surface area contributed by atoms with Crippen LogP contribution in [0.25, 0.3) is 0 Å². The zero-order valence-electron chi connectivity index (χ0n) is 10.7. The van der Waals surface area contributed by atoms with Gasteiger partial charge >= 0.3 is 0 Å². The maximum absolute atomic E-state index is 13.9. The van der Waals surface area contributed by atoms with Crippen molar-refractivity contribution in [3.8, 4) is 0 Å². The van der Waals surface area contributed by atoms with Crippen LogP contribution in [-0.4, -0.2) is 6.04 Å². The predicted octanol–water partition coefficient (Wildman–Crippen LogP) is 3.34. The standard InChI is InChI=1S/C15H15BrF2N2/c16-13-6-7-14(17)12(15(13)18)9-11(20-19)8-10-4-2-1-3-5-10/h1-7,11,20H,8-9,19H2. The van der Waals surface area contributed by atoms with Crippen LogP contribution in [0.3, 0.4) is 0 Å². The molecule has 0 spiro atoms. The van der Waals surface area contributed by atoms with Gasteiger partial charge in [0.1, 0.15) is 11.6 Å². The molecule has 0 bridgehead atoms. The number of halogens is 3. The molecule has 0 amide bonds. The molecule has 0 aliphatic carbocycles. The summed E-state index contributed by atoms with van der Waals surface area (Å²) >= 11 is 3.07. The van der Waals surface area contributed by atoms with Gasteiger partial charge in [-0.1, -0.05) is 30.3 Å². The highest BCUT2D eigenvalue weighted by molar-refractivity contribution is 9.10. The van der Waals surface area contributed by atoms with E-state index in [9.17, 15) is 8.78 Å². The van der Waals surface area contributed by atoms with Crippen LogP contribution >= 0.6 is 15.9 Å². The Balaban J connectivity index is 2.17. The van der Waals surface area contributed by atoms with Crippen molar-refractivity contribution in [3.63, 3.8) is 0 Å². The minimum atomic E-state index is -0.571. The molecule has 0 saturated heterocycles. The summed E-state index contributed by atoms with van der Waals surface area (Å²) in [6, 6.07) is 12.0. The predicted molar refractivity (Wildman–Crippen MR) is 79.0 cm³/mol. The summed E-state index contributed by atoms with van der Waals surface area (Å²) in [6.45, 7) is 0. The van der Waals surface area contributed by atoms with Crippen LogP contribution in [0.2, 0.25) is 0 Å². The summed E-state index contributed by atoms with van der Waals surface area (Å²) < 4.78 is 27.9. The van der Waals surface area contributed by atoms with Crippen LogP contribution < -0.4 is 11.3 Å². The minimum Gasteiger partial charge on any atom is -0.271 e. The highest BCUT2D eigenvalue weighted by atomic mass is 79.9. The molecule has 1 unspecified atom stereocenters. The van der Waals surface area contributed by atoms with E-state index in [-0.39, 0.29) is 22.5 Å². The normalized spacial score (nSPS) is 12.4. The van der Waals surface area contributed by atoms with Crippen LogP contribution in [0.1, 0.15) is 11.1 Å². The van der Waals surface area contributed by atoms with Gasteiger partial charge in [0, 0.05) is 11.6 Å². The van der Waals surface area contributed by atoms with Crippen LogP contribution in [0.4, 0.5) is 8.78 Å². The van der Waals surface area contributed by atoms with Gasteiger partial charge in [-0.25, -0.2) is 8.78 Å². The largest absolute Gasteiger partial charge is 0.271 e. The van der Waals surface area contributed by atoms with E-state index in [1.807, 2.05) is 30.3 Å². The summed E-state index contributed by atoms with van der Waals surface area (Å²) in [5.74, 6) is 4.37. The average molecular weight is 341 g/mol. The molecule has 0 aliphatic rings. The minimum absolute atomic E-state index is 0.0401. The van der Waals surface area contributed by atoms with E-state index in [4.69, 9.17) is 5.84 Å². The second-order valence-electron chi connectivity index (χ2n) is 4.58. The zero-order valence-corrected chi connectivity index (χ0v) is 12.3. The van der Waals surface area contributed by atoms with Crippen LogP contribution in [0, 0.1) is 11.6 Å². The first-order valence-electron chi connectivity index (χ1n) is 6.24. The lowest BCUT2D eigenvalue weighted by Gasteiger charge is -2.17. The van der Waals surface area contributed by atoms with E-state index < -0.39 is 11.6 Å². The number of hydrogen-bond donors (Lipinski definition) is 2. The van der Waals surface area contributed by atoms with Crippen molar-refractivity contribution in [2.45, 2.75) is 18.9 Å². The molecule has 1 atom stereocenters. The van der Waals surface area contributed by atoms with Gasteiger partial charge in [-0.05, 0) is 46.5 Å². The van der Waals surface area contributed by atoms with Crippen molar-refractivity contribution in [3.05, 3.63) is 69.7 Å². The number of nitrogens with one attached hydrogen (secondary N) is 1. The number of hydrazine groups is 1. The third-order valence-electron chi connectivity index (χ3n) is 3.15. The Kier molecular flexibility index (Phi) is 5.23. The highest BCUT2D eigenvalue weighted by Gasteiger charge is 2.17. The first-order chi connectivity index (χ1) is 9.61. The maximum Gasteiger partial charge on any atom is 0.143 e. The van der Waals surface area contributed by atoms with Crippen molar-refractivity contribution >= 4 is 15.9 Å². The van der Waals surface area contributed by atoms with E-state index in [0.29, 0.717) is 6.42 Å². The van der Waals surface area contributed by atoms with Crippen LogP contribution in [-0.2, 0) is 12.8 Å². The summed E-state index contributed by atoms with van der Waals surface area (Å²) in [5.41, 5.74) is 3.73. The van der Waals surface area contributed by atoms with E-state index in [2.05, 4.69) is 21.4 Å². The first kappa shape index (κ1) is 15.1. The van der Waals surface area contributed by atoms with Gasteiger partial charge in [-0.3, -0.25) is 11.3 Å². The van der Waals surface area contributed by atoms with Crippen molar-refractivity contribution in [2.75, 3.05) is 0 Å². The lowest BCUT2D eigenvalue weighted by atomic mass is 9.99. The van der Waals surface area contributed by atoms with Gasteiger partial charge in [0.2, 0.25) is 0 Å². The average Bonchev–Trinajstić information content (AvgIpc) is 2.47. The van der Waals surface area contributed by atoms with E-state index in [1.54, 1.807) is 0 Å². The third-order valence-corrected chi connectivity index (χ3v) is 3.76. The zero-order chi connectivity index (χ0) is 14.5. The molecule has 5 heteroatoms. The fourth-order valence-electron chi connectivity index (χ4n) is 2.09. The second-order valence-corrected chi connectivity index (χ2v) is 5.43. The second kappa shape index (κ2) is 6.92. The van der Waals surface area contributed by atoms with Gasteiger partial charge in [0.15, 0.2) is 0 Å². The topological polar surface area (TPSA) is 38.0 Å². The molecule has 0 saturated carbocycles. The van der Waals surface area contributed by atoms with Gasteiger partial charge < -0.3 is 0 Å². The molecule has 0 aliphatic heterocycles. The Bertz CT molecular complexity index is 576. The molecule has 20 heavy (non-hydrogen) atoms. The molecule has 2 nitrogen and oxygen atoms in total. The Morgan fingerprint density at radius 1 is 1.05 bits per heavy atom. The van der Waals surface area contributed by atoms with Gasteiger partial charge in [-0.2, -0.15) is 0 Å². The summed E-state index contributed by atoms with van der Waals surface area (Å²) in [7, 11) is 0. The maximum atomic E-state index is 13.9. The molecule has 106 valence electrons. The number of hydrogen-bond acceptors (Lipinski definition) is 2. The molecule has 2 aromatic carbocycles. The fourth-order valence-corrected chi connectivity index (χ4v) is 2.46. The van der Waals surface area contributed by atoms with Crippen molar-refractivity contribution < 1.29 is 8.78 Å². The summed E-state index contributed by atoms with van der Waals surface area (Å²) in [5, 5.41) is 0. The number of benzene rings is 2. The molecule has 0 fully saturated rings. The number of rotatable bonds is 5. The molecule has 0 heterocycles. The Labute approximate surface area is 125 Å². The monoisotopic (exact) mass is 340 g/mol. The molecule has 0 aromatic heterocycles. The highest BCUT2D eigenvalue weighted by Crippen LogP contribution is 2.23. The van der Waals surface area contributed by atoms with Crippen molar-refractivity contribution in [1.82, 2.24) is 5.43 Å². The van der Waals surface area contributed by atoms with Crippen molar-refractivity contribution in [1.29, 1.82) is 0 Å². The lowest BCUT2D eigenvalue weighted by Crippen LogP contribution is -2.38. The Hall–Kier alpha value is -1.30. The van der Waals surface area contributed by atoms with E-state index in [0.717, 1.165) is 5.56 Å². The van der Waals surface area contributed by atoms with Crippen molar-refractivity contribution in [2.24, 2.45) is 5.84 Å². The lowest BCUT2D eigenvalue weighted by molar-refractivity contribution is 0.483. The molecule has 2 aromatic rings. The van der Waals surface area contributed by atoms with Gasteiger partial charge in [0.05, 0.1) is 4.47 Å². The van der Waals surface area contributed by atoms with E-state index in [1.165, 1.54) is 12.1 Å². The molecule has 3 N–H and O–H groups in total. The Morgan fingerprint density at radius 3 is 2.40 bits per heavy atom. The smallest absolute Gasteiger partial charge is 0.143 e. The molecular formula is C15H15BrF2N2. The molecule has 2 rings (SSSR count). The van der Waals surface area contributed by atoms with Crippen LogP contribution in [0.5, 0.6) is 0 Å². The molecular weight excluding hydrogens is 326 g/mol. The SMILES string of the molecule is NNC(Cc1ccccc1)Cc1c(F)ccc(Br)c1F. The molecule has 0 radical (unpaired) electrons. The van der Waals surface area contributed by atoms with Gasteiger partial charge in [0.25, 0.3) is 0 Å². The summed E-state index contributed by atoms with van der Waals surface area (Å²) in [6.07, 6.45) is 0.783. The quantitative estimate of drug-likeness (QED) is 0.497. The fraction of sp³-hybridized carbons (Fsp3) is 0.200. The van der Waals surface area contributed by atoms with Gasteiger partial charge in [-0.15, -0.1) is 0 Å². The number of nitrogens with two attached hydrogens (primary N) is 1.